The Kier molecular flexibility index (Phi) is 6.01. The summed E-state index contributed by atoms with van der Waals surface area (Å²) in [5.74, 6) is 0.0214. The van der Waals surface area contributed by atoms with E-state index in [1.165, 1.54) is 11.3 Å². The standard InChI is InChI=1S/C11H18N4OS.ClH/c1-8-7-17-11(13-8)14-10(16)6-15-4-3-12-5-9(15)2;/h7,9,12H,3-6H2,1-2H3,(H,13,14,16);1H. The maximum absolute atomic E-state index is 11.8. The van der Waals surface area contributed by atoms with Crippen LogP contribution in [0.2, 0.25) is 0 Å². The Morgan fingerprint density at radius 3 is 3.11 bits per heavy atom. The molecule has 0 aromatic carbocycles. The number of hydrogen-bond acceptors (Lipinski definition) is 5. The number of aromatic nitrogens is 1. The predicted octanol–water partition coefficient (Wildman–Crippen LogP) is 1.11. The van der Waals surface area contributed by atoms with E-state index in [4.69, 9.17) is 0 Å². The molecule has 0 aliphatic carbocycles. The molecule has 1 aliphatic rings. The van der Waals surface area contributed by atoms with Gasteiger partial charge in [-0.2, -0.15) is 0 Å². The van der Waals surface area contributed by atoms with Gasteiger partial charge in [0.05, 0.1) is 12.2 Å². The van der Waals surface area contributed by atoms with Crippen LogP contribution in [0, 0.1) is 6.92 Å². The molecule has 1 aliphatic heterocycles. The molecule has 2 rings (SSSR count). The van der Waals surface area contributed by atoms with Crippen molar-refractivity contribution in [3.05, 3.63) is 11.1 Å². The molecule has 1 atom stereocenters. The fourth-order valence-corrected chi connectivity index (χ4v) is 2.58. The number of nitrogens with one attached hydrogen (secondary N) is 2. The number of nitrogens with zero attached hydrogens (tertiary/aromatic N) is 2. The number of hydrogen-bond donors (Lipinski definition) is 2. The van der Waals surface area contributed by atoms with Crippen LogP contribution >= 0.6 is 23.7 Å². The molecule has 1 unspecified atom stereocenters. The lowest BCUT2D eigenvalue weighted by Gasteiger charge is -2.33. The van der Waals surface area contributed by atoms with Gasteiger partial charge in [-0.3, -0.25) is 9.69 Å². The van der Waals surface area contributed by atoms with Crippen molar-refractivity contribution in [3.8, 4) is 0 Å². The number of piperazine rings is 1. The molecular weight excluding hydrogens is 272 g/mol. The number of carbonyl (C=O) groups excluding carboxylic acids is 1. The van der Waals surface area contributed by atoms with E-state index in [-0.39, 0.29) is 18.3 Å². The van der Waals surface area contributed by atoms with Crippen LogP contribution in [0.4, 0.5) is 5.13 Å². The molecule has 0 saturated carbocycles. The number of carbonyl (C=O) groups is 1. The largest absolute Gasteiger partial charge is 0.314 e. The van der Waals surface area contributed by atoms with Crippen molar-refractivity contribution < 1.29 is 4.79 Å². The van der Waals surface area contributed by atoms with Gasteiger partial charge in [0.1, 0.15) is 0 Å². The van der Waals surface area contributed by atoms with Crippen LogP contribution in [-0.2, 0) is 4.79 Å². The van der Waals surface area contributed by atoms with Gasteiger partial charge in [0.15, 0.2) is 5.13 Å². The van der Waals surface area contributed by atoms with Gasteiger partial charge >= 0.3 is 0 Å². The van der Waals surface area contributed by atoms with E-state index in [2.05, 4.69) is 27.4 Å². The van der Waals surface area contributed by atoms with E-state index < -0.39 is 0 Å². The summed E-state index contributed by atoms with van der Waals surface area (Å²) in [7, 11) is 0. The number of thiazole rings is 1. The number of aryl methyl sites for hydroxylation is 1. The summed E-state index contributed by atoms with van der Waals surface area (Å²) in [6, 6.07) is 0.410. The Morgan fingerprint density at radius 2 is 2.50 bits per heavy atom. The third-order valence-electron chi connectivity index (χ3n) is 2.85. The van der Waals surface area contributed by atoms with E-state index in [9.17, 15) is 4.79 Å². The highest BCUT2D eigenvalue weighted by Gasteiger charge is 2.20. The van der Waals surface area contributed by atoms with Gasteiger partial charge in [-0.1, -0.05) is 0 Å². The summed E-state index contributed by atoms with van der Waals surface area (Å²) in [4.78, 5) is 18.2. The number of rotatable bonds is 3. The second-order valence-corrected chi connectivity index (χ2v) is 5.22. The summed E-state index contributed by atoms with van der Waals surface area (Å²) < 4.78 is 0. The van der Waals surface area contributed by atoms with Gasteiger partial charge in [0.25, 0.3) is 0 Å². The highest BCUT2D eigenvalue weighted by molar-refractivity contribution is 7.13. The van der Waals surface area contributed by atoms with Crippen molar-refractivity contribution in [2.75, 3.05) is 31.5 Å². The highest BCUT2D eigenvalue weighted by Crippen LogP contribution is 2.14. The Morgan fingerprint density at radius 1 is 1.72 bits per heavy atom. The fraction of sp³-hybridized carbons (Fsp3) is 0.636. The van der Waals surface area contributed by atoms with Crippen LogP contribution in [0.1, 0.15) is 12.6 Å². The predicted molar refractivity (Wildman–Crippen MR) is 76.6 cm³/mol. The Labute approximate surface area is 117 Å². The highest BCUT2D eigenvalue weighted by atomic mass is 35.5. The van der Waals surface area contributed by atoms with Crippen molar-refractivity contribution in [2.24, 2.45) is 0 Å². The van der Waals surface area contributed by atoms with E-state index in [1.54, 1.807) is 0 Å². The van der Waals surface area contributed by atoms with Gasteiger partial charge in [0.2, 0.25) is 5.91 Å². The molecule has 1 amide bonds. The number of anilines is 1. The zero-order chi connectivity index (χ0) is 12.3. The lowest BCUT2D eigenvalue weighted by Crippen LogP contribution is -2.51. The topological polar surface area (TPSA) is 57.3 Å². The van der Waals surface area contributed by atoms with Gasteiger partial charge in [-0.15, -0.1) is 23.7 Å². The maximum atomic E-state index is 11.8. The lowest BCUT2D eigenvalue weighted by atomic mass is 10.2. The molecule has 2 N–H and O–H groups in total. The van der Waals surface area contributed by atoms with Gasteiger partial charge in [-0.25, -0.2) is 4.98 Å². The lowest BCUT2D eigenvalue weighted by molar-refractivity contribution is -0.118. The molecule has 0 radical (unpaired) electrons. The quantitative estimate of drug-likeness (QED) is 0.875. The molecular formula is C11H19ClN4OS. The third-order valence-corrected chi connectivity index (χ3v) is 3.73. The Hall–Kier alpha value is -0.690. The molecule has 7 heteroatoms. The summed E-state index contributed by atoms with van der Waals surface area (Å²) in [5, 5.41) is 8.77. The van der Waals surface area contributed by atoms with Gasteiger partial charge < -0.3 is 10.6 Å². The van der Waals surface area contributed by atoms with Crippen molar-refractivity contribution in [3.63, 3.8) is 0 Å². The Bertz CT molecular complexity index is 398. The molecule has 1 aromatic rings. The second kappa shape index (κ2) is 7.04. The monoisotopic (exact) mass is 290 g/mol. The van der Waals surface area contributed by atoms with Crippen LogP contribution in [0.3, 0.4) is 0 Å². The average Bonchev–Trinajstić information content (AvgIpc) is 2.67. The van der Waals surface area contributed by atoms with Crippen LogP contribution < -0.4 is 10.6 Å². The minimum Gasteiger partial charge on any atom is -0.314 e. The molecule has 1 saturated heterocycles. The first-order valence-corrected chi connectivity index (χ1v) is 6.70. The van der Waals surface area contributed by atoms with Crippen LogP contribution in [0.25, 0.3) is 0 Å². The average molecular weight is 291 g/mol. The first-order valence-electron chi connectivity index (χ1n) is 5.82. The molecule has 1 fully saturated rings. The van der Waals surface area contributed by atoms with Crippen LogP contribution in [-0.4, -0.2) is 48.0 Å². The molecule has 102 valence electrons. The van der Waals surface area contributed by atoms with Crippen molar-refractivity contribution in [2.45, 2.75) is 19.9 Å². The normalized spacial score (nSPS) is 20.2. The molecule has 0 spiro atoms. The second-order valence-electron chi connectivity index (χ2n) is 4.37. The number of halogens is 1. The zero-order valence-corrected chi connectivity index (χ0v) is 12.2. The van der Waals surface area contributed by atoms with Gasteiger partial charge in [-0.05, 0) is 13.8 Å². The molecule has 18 heavy (non-hydrogen) atoms. The van der Waals surface area contributed by atoms with Crippen molar-refractivity contribution in [1.82, 2.24) is 15.2 Å². The maximum Gasteiger partial charge on any atom is 0.240 e. The molecule has 0 bridgehead atoms. The van der Waals surface area contributed by atoms with Gasteiger partial charge in [0, 0.05) is 31.1 Å². The summed E-state index contributed by atoms with van der Waals surface area (Å²) in [6.07, 6.45) is 0. The first-order chi connectivity index (χ1) is 8.15. The first kappa shape index (κ1) is 15.4. The summed E-state index contributed by atoms with van der Waals surface area (Å²) in [5.41, 5.74) is 0.945. The zero-order valence-electron chi connectivity index (χ0n) is 10.6. The fourth-order valence-electron chi connectivity index (χ4n) is 1.87. The van der Waals surface area contributed by atoms with E-state index in [0.29, 0.717) is 17.7 Å². The molecule has 5 nitrogen and oxygen atoms in total. The van der Waals surface area contributed by atoms with E-state index >= 15 is 0 Å². The van der Waals surface area contributed by atoms with Crippen molar-refractivity contribution in [1.29, 1.82) is 0 Å². The Balaban J connectivity index is 0.00000162. The van der Waals surface area contributed by atoms with E-state index in [1.807, 2.05) is 12.3 Å². The molecule has 2 heterocycles. The summed E-state index contributed by atoms with van der Waals surface area (Å²) in [6.45, 7) is 7.32. The number of amides is 1. The van der Waals surface area contributed by atoms with Crippen LogP contribution in [0.5, 0.6) is 0 Å². The van der Waals surface area contributed by atoms with Crippen LogP contribution in [0.15, 0.2) is 5.38 Å². The van der Waals surface area contributed by atoms with Crippen molar-refractivity contribution >= 4 is 34.8 Å². The van der Waals surface area contributed by atoms with E-state index in [0.717, 1.165) is 25.3 Å². The smallest absolute Gasteiger partial charge is 0.240 e. The minimum atomic E-state index is 0. The SMILES string of the molecule is Cc1csc(NC(=O)CN2CCNCC2C)n1.Cl. The minimum absolute atomic E-state index is 0. The summed E-state index contributed by atoms with van der Waals surface area (Å²) >= 11 is 1.47. The molecule has 1 aromatic heterocycles. The third kappa shape index (κ3) is 4.20.